The van der Waals surface area contributed by atoms with Crippen molar-refractivity contribution in [3.63, 3.8) is 0 Å². The Labute approximate surface area is 84.3 Å². The smallest absolute Gasteiger partial charge is 0.166 e. The molecule has 2 heteroatoms. The molecule has 1 aliphatic heterocycles. The van der Waals surface area contributed by atoms with Crippen LogP contribution in [0.1, 0.15) is 23.2 Å². The maximum absolute atomic E-state index is 12.0. The monoisotopic (exact) mass is 188 g/mol. The first-order chi connectivity index (χ1) is 6.88. The fraction of sp³-hybridized carbons (Fsp3) is 0.417. The molecule has 0 aromatic heterocycles. The topological polar surface area (TPSA) is 29.1 Å². The van der Waals surface area contributed by atoms with Gasteiger partial charge in [-0.2, -0.15) is 0 Å². The lowest BCUT2D eigenvalue weighted by Crippen LogP contribution is -2.31. The summed E-state index contributed by atoms with van der Waals surface area (Å²) in [6.07, 6.45) is 1.94. The highest BCUT2D eigenvalue weighted by Crippen LogP contribution is 2.17. The Bertz CT molecular complexity index is 301. The first-order valence-corrected chi connectivity index (χ1v) is 5.09. The van der Waals surface area contributed by atoms with Gasteiger partial charge in [0.05, 0.1) is 0 Å². The van der Waals surface area contributed by atoms with Crippen molar-refractivity contribution in [2.45, 2.75) is 12.8 Å². The van der Waals surface area contributed by atoms with Crippen molar-refractivity contribution in [2.75, 3.05) is 13.1 Å². The SMILES string of the molecule is O=C(c1cc[c]cc1)C1CCNCC1. The first kappa shape index (κ1) is 9.41. The van der Waals surface area contributed by atoms with Gasteiger partial charge < -0.3 is 5.32 Å². The van der Waals surface area contributed by atoms with Crippen LogP contribution in [0.3, 0.4) is 0 Å². The van der Waals surface area contributed by atoms with E-state index in [4.69, 9.17) is 0 Å². The molecule has 14 heavy (non-hydrogen) atoms. The van der Waals surface area contributed by atoms with Gasteiger partial charge in [-0.1, -0.05) is 24.3 Å². The second kappa shape index (κ2) is 4.38. The van der Waals surface area contributed by atoms with Gasteiger partial charge in [-0.15, -0.1) is 0 Å². The summed E-state index contributed by atoms with van der Waals surface area (Å²) in [4.78, 5) is 12.0. The summed E-state index contributed by atoms with van der Waals surface area (Å²) in [5.41, 5.74) is 0.829. The molecule has 1 aromatic rings. The van der Waals surface area contributed by atoms with Crippen molar-refractivity contribution >= 4 is 5.78 Å². The minimum absolute atomic E-state index is 0.221. The number of carbonyl (C=O) groups excluding carboxylic acids is 1. The van der Waals surface area contributed by atoms with Crippen LogP contribution in [-0.4, -0.2) is 18.9 Å². The van der Waals surface area contributed by atoms with Gasteiger partial charge in [-0.3, -0.25) is 4.79 Å². The highest BCUT2D eigenvalue weighted by atomic mass is 16.1. The maximum Gasteiger partial charge on any atom is 0.166 e. The van der Waals surface area contributed by atoms with Crippen molar-refractivity contribution in [3.8, 4) is 0 Å². The number of hydrogen-bond donors (Lipinski definition) is 1. The molecular formula is C12H14NO. The normalized spacial score (nSPS) is 18.0. The Morgan fingerprint density at radius 3 is 2.57 bits per heavy atom. The van der Waals surface area contributed by atoms with Gasteiger partial charge in [0.2, 0.25) is 0 Å². The Hall–Kier alpha value is -1.15. The van der Waals surface area contributed by atoms with Crippen molar-refractivity contribution in [1.29, 1.82) is 0 Å². The molecule has 1 radical (unpaired) electrons. The molecule has 0 atom stereocenters. The molecule has 1 N–H and O–H groups in total. The second-order valence-corrected chi connectivity index (χ2v) is 3.68. The summed E-state index contributed by atoms with van der Waals surface area (Å²) in [5, 5.41) is 3.26. The van der Waals surface area contributed by atoms with Gasteiger partial charge in [0.25, 0.3) is 0 Å². The Kier molecular flexibility index (Phi) is 2.94. The van der Waals surface area contributed by atoms with Crippen LogP contribution in [0, 0.1) is 12.0 Å². The van der Waals surface area contributed by atoms with Gasteiger partial charge in [-0.05, 0) is 32.0 Å². The van der Waals surface area contributed by atoms with Crippen LogP contribution in [0.15, 0.2) is 24.3 Å². The predicted molar refractivity (Wildman–Crippen MR) is 55.2 cm³/mol. The van der Waals surface area contributed by atoms with Crippen LogP contribution in [0.25, 0.3) is 0 Å². The van der Waals surface area contributed by atoms with E-state index >= 15 is 0 Å². The molecule has 2 rings (SSSR count). The summed E-state index contributed by atoms with van der Waals surface area (Å²) in [6, 6.07) is 10.2. The third kappa shape index (κ3) is 2.02. The fourth-order valence-corrected chi connectivity index (χ4v) is 1.87. The lowest BCUT2D eigenvalue weighted by Gasteiger charge is -2.21. The van der Waals surface area contributed by atoms with Crippen molar-refractivity contribution in [3.05, 3.63) is 35.9 Å². The number of carbonyl (C=O) groups is 1. The van der Waals surface area contributed by atoms with E-state index in [1.165, 1.54) is 0 Å². The molecule has 0 bridgehead atoms. The Balaban J connectivity index is 2.07. The minimum Gasteiger partial charge on any atom is -0.317 e. The summed E-state index contributed by atoms with van der Waals surface area (Å²) in [5.74, 6) is 0.513. The molecule has 0 amide bonds. The average molecular weight is 188 g/mol. The summed E-state index contributed by atoms with van der Waals surface area (Å²) in [6.45, 7) is 1.94. The molecule has 73 valence electrons. The molecule has 1 aliphatic rings. The van der Waals surface area contributed by atoms with Crippen molar-refractivity contribution in [2.24, 2.45) is 5.92 Å². The summed E-state index contributed by atoms with van der Waals surface area (Å²) in [7, 11) is 0. The molecule has 0 saturated carbocycles. The molecule has 0 spiro atoms. The minimum atomic E-state index is 0.221. The van der Waals surface area contributed by atoms with Crippen LogP contribution in [0.5, 0.6) is 0 Å². The quantitative estimate of drug-likeness (QED) is 0.715. The van der Waals surface area contributed by atoms with E-state index in [9.17, 15) is 4.79 Å². The highest BCUT2D eigenvalue weighted by molar-refractivity contribution is 5.97. The van der Waals surface area contributed by atoms with Gasteiger partial charge >= 0.3 is 0 Å². The number of rotatable bonds is 2. The molecule has 2 nitrogen and oxygen atoms in total. The molecule has 1 saturated heterocycles. The number of ketones is 1. The lowest BCUT2D eigenvalue weighted by molar-refractivity contribution is 0.0895. The molecule has 1 aromatic carbocycles. The summed E-state index contributed by atoms with van der Waals surface area (Å²) < 4.78 is 0. The zero-order valence-electron chi connectivity index (χ0n) is 8.12. The molecular weight excluding hydrogens is 174 g/mol. The van der Waals surface area contributed by atoms with E-state index in [0.717, 1.165) is 31.5 Å². The van der Waals surface area contributed by atoms with E-state index in [-0.39, 0.29) is 5.92 Å². The third-order valence-corrected chi connectivity index (χ3v) is 2.71. The summed E-state index contributed by atoms with van der Waals surface area (Å²) >= 11 is 0. The zero-order valence-corrected chi connectivity index (χ0v) is 8.12. The molecule has 0 unspecified atom stereocenters. The Morgan fingerprint density at radius 2 is 1.93 bits per heavy atom. The van der Waals surface area contributed by atoms with Crippen molar-refractivity contribution in [1.82, 2.24) is 5.32 Å². The van der Waals surface area contributed by atoms with E-state index in [1.54, 1.807) is 12.1 Å². The van der Waals surface area contributed by atoms with Crippen LogP contribution in [0.4, 0.5) is 0 Å². The van der Waals surface area contributed by atoms with Gasteiger partial charge in [0.1, 0.15) is 0 Å². The van der Waals surface area contributed by atoms with Gasteiger partial charge in [-0.25, -0.2) is 0 Å². The highest BCUT2D eigenvalue weighted by Gasteiger charge is 2.21. The predicted octanol–water partition coefficient (Wildman–Crippen LogP) is 1.67. The average Bonchev–Trinajstić information content (AvgIpc) is 2.30. The van der Waals surface area contributed by atoms with Crippen LogP contribution < -0.4 is 5.32 Å². The van der Waals surface area contributed by atoms with E-state index < -0.39 is 0 Å². The lowest BCUT2D eigenvalue weighted by atomic mass is 9.90. The molecule has 0 aliphatic carbocycles. The van der Waals surface area contributed by atoms with E-state index in [1.807, 2.05) is 12.1 Å². The van der Waals surface area contributed by atoms with Crippen LogP contribution in [-0.2, 0) is 0 Å². The number of hydrogen-bond acceptors (Lipinski definition) is 2. The first-order valence-electron chi connectivity index (χ1n) is 5.09. The van der Waals surface area contributed by atoms with Crippen molar-refractivity contribution < 1.29 is 4.79 Å². The fourth-order valence-electron chi connectivity index (χ4n) is 1.87. The number of benzene rings is 1. The van der Waals surface area contributed by atoms with E-state index in [0.29, 0.717) is 5.78 Å². The van der Waals surface area contributed by atoms with E-state index in [2.05, 4.69) is 11.4 Å². The molecule has 1 fully saturated rings. The zero-order chi connectivity index (χ0) is 9.80. The molecule has 1 heterocycles. The van der Waals surface area contributed by atoms with Crippen LogP contribution in [0.2, 0.25) is 0 Å². The Morgan fingerprint density at radius 1 is 1.29 bits per heavy atom. The largest absolute Gasteiger partial charge is 0.317 e. The second-order valence-electron chi connectivity index (χ2n) is 3.68. The number of Topliss-reactive ketones (excluding diaryl/α,β-unsaturated/α-hetero) is 1. The maximum atomic E-state index is 12.0. The van der Waals surface area contributed by atoms with Crippen LogP contribution >= 0.6 is 0 Å². The standard InChI is InChI=1S/C12H14NO/c14-12(10-4-2-1-3-5-10)11-6-8-13-9-7-11/h2-5,11,13H,6-9H2. The van der Waals surface area contributed by atoms with Gasteiger partial charge in [0, 0.05) is 11.5 Å². The number of nitrogens with one attached hydrogen (secondary N) is 1. The number of piperidine rings is 1. The third-order valence-electron chi connectivity index (χ3n) is 2.71. The van der Waals surface area contributed by atoms with Gasteiger partial charge in [0.15, 0.2) is 5.78 Å².